The molecule has 10 aromatic rings. The van der Waals surface area contributed by atoms with Crippen LogP contribution in [0.15, 0.2) is 223 Å². The van der Waals surface area contributed by atoms with Crippen LogP contribution >= 0.6 is 0 Å². The molecule has 0 radical (unpaired) electrons. The van der Waals surface area contributed by atoms with E-state index in [9.17, 15) is 0 Å². The van der Waals surface area contributed by atoms with Gasteiger partial charge in [-0.25, -0.2) is 0 Å². The number of rotatable bonds is 8. The number of hydrogen-bond acceptors (Lipinski definition) is 2. The van der Waals surface area contributed by atoms with E-state index in [1.54, 1.807) is 0 Å². The molecule has 0 bridgehead atoms. The van der Waals surface area contributed by atoms with E-state index in [-0.39, 0.29) is 0 Å². The Balaban J connectivity index is 1.17. The predicted molar refractivity (Wildman–Crippen MR) is 252 cm³/mol. The van der Waals surface area contributed by atoms with Gasteiger partial charge in [-0.1, -0.05) is 176 Å². The molecule has 284 valence electrons. The summed E-state index contributed by atoms with van der Waals surface area (Å²) in [5.74, 6) is 0. The Morgan fingerprint density at radius 3 is 1.77 bits per heavy atom. The van der Waals surface area contributed by atoms with Crippen molar-refractivity contribution >= 4 is 50.6 Å². The van der Waals surface area contributed by atoms with Crippen LogP contribution in [0, 0.1) is 0 Å². The summed E-state index contributed by atoms with van der Waals surface area (Å²) in [6.45, 7) is 0. The standard InChI is InChI=1S/C58H41NO/c1-4-17-40(18-5-1)45-34-36-55(53(38-45)42-21-8-3-9-22-42)59(47-26-14-25-44(37-47)46-33-35-51-50-28-11-13-32-56(50)60-57(51)39-46)54-31-12-10-27-49(54)52-30-16-24-43-23-15-29-48(58(43)52)41-19-6-2-7-20-41/h1-15,17-29,31-39H,16,30H2. The highest BCUT2D eigenvalue weighted by atomic mass is 16.3. The molecule has 2 nitrogen and oxygen atoms in total. The zero-order chi connectivity index (χ0) is 39.8. The first kappa shape index (κ1) is 35.5. The summed E-state index contributed by atoms with van der Waals surface area (Å²) in [6.07, 6.45) is 4.33. The second kappa shape index (κ2) is 15.2. The van der Waals surface area contributed by atoms with Gasteiger partial charge in [-0.05, 0) is 116 Å². The highest BCUT2D eigenvalue weighted by molar-refractivity contribution is 6.06. The van der Waals surface area contributed by atoms with Gasteiger partial charge in [0.25, 0.3) is 0 Å². The lowest BCUT2D eigenvalue weighted by atomic mass is 9.88. The number of hydrogen-bond donors (Lipinski definition) is 0. The second-order valence-electron chi connectivity index (χ2n) is 15.5. The average molecular weight is 768 g/mol. The molecule has 1 aliphatic carbocycles. The van der Waals surface area contributed by atoms with Gasteiger partial charge in [0, 0.05) is 27.6 Å². The minimum absolute atomic E-state index is 0.891. The molecule has 1 aromatic heterocycles. The maximum absolute atomic E-state index is 6.38. The van der Waals surface area contributed by atoms with Crippen molar-refractivity contribution in [2.75, 3.05) is 4.90 Å². The fourth-order valence-corrected chi connectivity index (χ4v) is 9.15. The Labute approximate surface area is 350 Å². The zero-order valence-electron chi connectivity index (χ0n) is 33.1. The maximum Gasteiger partial charge on any atom is 0.136 e. The molecule has 2 heteroatoms. The van der Waals surface area contributed by atoms with Crippen molar-refractivity contribution in [1.82, 2.24) is 0 Å². The van der Waals surface area contributed by atoms with Crippen molar-refractivity contribution in [3.05, 3.63) is 234 Å². The molecule has 0 unspecified atom stereocenters. The number of para-hydroxylation sites is 2. The van der Waals surface area contributed by atoms with Crippen LogP contribution in [0.3, 0.4) is 0 Å². The molecule has 0 atom stereocenters. The third-order valence-electron chi connectivity index (χ3n) is 12.0. The average Bonchev–Trinajstić information content (AvgIpc) is 3.70. The molecule has 9 aromatic carbocycles. The maximum atomic E-state index is 6.38. The Kier molecular flexibility index (Phi) is 9.02. The summed E-state index contributed by atoms with van der Waals surface area (Å²) in [6, 6.07) is 79.0. The molecule has 0 aliphatic heterocycles. The van der Waals surface area contributed by atoms with Crippen LogP contribution in [-0.4, -0.2) is 0 Å². The summed E-state index contributed by atoms with van der Waals surface area (Å²) in [7, 11) is 0. The van der Waals surface area contributed by atoms with Crippen molar-refractivity contribution in [2.45, 2.75) is 12.8 Å². The molecule has 0 saturated heterocycles. The van der Waals surface area contributed by atoms with E-state index in [2.05, 4.69) is 217 Å². The zero-order valence-corrected chi connectivity index (χ0v) is 33.1. The van der Waals surface area contributed by atoms with Gasteiger partial charge in [0.05, 0.1) is 11.4 Å². The lowest BCUT2D eigenvalue weighted by molar-refractivity contribution is 0.669. The largest absolute Gasteiger partial charge is 0.456 e. The van der Waals surface area contributed by atoms with Crippen molar-refractivity contribution in [2.24, 2.45) is 0 Å². The van der Waals surface area contributed by atoms with Crippen molar-refractivity contribution in [3.8, 4) is 44.5 Å². The van der Waals surface area contributed by atoms with Crippen molar-refractivity contribution in [3.63, 3.8) is 0 Å². The van der Waals surface area contributed by atoms with Gasteiger partial charge in [0.2, 0.25) is 0 Å². The Bertz CT molecular complexity index is 3310. The van der Waals surface area contributed by atoms with Crippen LogP contribution < -0.4 is 15.3 Å². The SMILES string of the molecule is C1=c2cccc(-c3ccccc3)c2=C(c2ccccc2N(c2cccc(-c3ccc4c(c3)oc3ccccc34)c2)c2ccc(-c3ccccc3)cc2-c2ccccc2)CC1. The van der Waals surface area contributed by atoms with E-state index < -0.39 is 0 Å². The van der Waals surface area contributed by atoms with Gasteiger partial charge in [0.15, 0.2) is 0 Å². The van der Waals surface area contributed by atoms with Gasteiger partial charge in [-0.3, -0.25) is 0 Å². The van der Waals surface area contributed by atoms with E-state index in [4.69, 9.17) is 4.42 Å². The minimum atomic E-state index is 0.891. The smallest absolute Gasteiger partial charge is 0.136 e. The van der Waals surface area contributed by atoms with Crippen LogP contribution in [-0.2, 0) is 0 Å². The topological polar surface area (TPSA) is 16.4 Å². The van der Waals surface area contributed by atoms with Gasteiger partial charge < -0.3 is 9.32 Å². The molecule has 0 saturated carbocycles. The van der Waals surface area contributed by atoms with E-state index in [1.807, 2.05) is 12.1 Å². The fourth-order valence-electron chi connectivity index (χ4n) is 9.15. The Morgan fingerprint density at radius 2 is 0.950 bits per heavy atom. The van der Waals surface area contributed by atoms with Gasteiger partial charge in [-0.15, -0.1) is 0 Å². The third kappa shape index (κ3) is 6.40. The summed E-state index contributed by atoms with van der Waals surface area (Å²) in [5, 5.41) is 4.87. The number of fused-ring (bicyclic) bond motifs is 4. The Hall–Kier alpha value is -7.68. The van der Waals surface area contributed by atoms with E-state index in [1.165, 1.54) is 43.8 Å². The predicted octanol–water partition coefficient (Wildman–Crippen LogP) is 14.5. The quantitative estimate of drug-likeness (QED) is 0.153. The molecular weight excluding hydrogens is 727 g/mol. The first-order chi connectivity index (χ1) is 29.8. The van der Waals surface area contributed by atoms with E-state index >= 15 is 0 Å². The first-order valence-corrected chi connectivity index (χ1v) is 20.8. The van der Waals surface area contributed by atoms with E-state index in [0.717, 1.165) is 74.1 Å². The molecular formula is C58H41NO. The van der Waals surface area contributed by atoms with Gasteiger partial charge >= 0.3 is 0 Å². The summed E-state index contributed by atoms with van der Waals surface area (Å²) in [5.41, 5.74) is 17.1. The second-order valence-corrected chi connectivity index (χ2v) is 15.5. The Morgan fingerprint density at radius 1 is 0.367 bits per heavy atom. The summed E-state index contributed by atoms with van der Waals surface area (Å²) >= 11 is 0. The molecule has 0 N–H and O–H groups in total. The fraction of sp³-hybridized carbons (Fsp3) is 0.0345. The monoisotopic (exact) mass is 767 g/mol. The van der Waals surface area contributed by atoms with Crippen molar-refractivity contribution in [1.29, 1.82) is 0 Å². The highest BCUT2D eigenvalue weighted by Gasteiger charge is 2.24. The number of nitrogens with zero attached hydrogens (tertiary/aromatic N) is 1. The van der Waals surface area contributed by atoms with Gasteiger partial charge in [-0.2, -0.15) is 0 Å². The van der Waals surface area contributed by atoms with Crippen LogP contribution in [0.5, 0.6) is 0 Å². The molecule has 60 heavy (non-hydrogen) atoms. The number of anilines is 3. The molecule has 11 rings (SSSR count). The molecule has 1 aliphatic rings. The molecule has 0 amide bonds. The van der Waals surface area contributed by atoms with Crippen LogP contribution in [0.2, 0.25) is 0 Å². The van der Waals surface area contributed by atoms with E-state index in [0.29, 0.717) is 0 Å². The lowest BCUT2D eigenvalue weighted by Gasteiger charge is -2.31. The molecule has 1 heterocycles. The first-order valence-electron chi connectivity index (χ1n) is 20.8. The highest BCUT2D eigenvalue weighted by Crippen LogP contribution is 2.46. The number of furan rings is 1. The lowest BCUT2D eigenvalue weighted by Crippen LogP contribution is -2.32. The number of benzene rings is 9. The minimum Gasteiger partial charge on any atom is -0.456 e. The third-order valence-corrected chi connectivity index (χ3v) is 12.0. The van der Waals surface area contributed by atoms with Crippen LogP contribution in [0.1, 0.15) is 18.4 Å². The summed E-state index contributed by atoms with van der Waals surface area (Å²) in [4.78, 5) is 2.49. The van der Waals surface area contributed by atoms with Crippen molar-refractivity contribution < 1.29 is 4.42 Å². The van der Waals surface area contributed by atoms with Gasteiger partial charge in [0.1, 0.15) is 11.2 Å². The van der Waals surface area contributed by atoms with Crippen LogP contribution in [0.4, 0.5) is 17.1 Å². The summed E-state index contributed by atoms with van der Waals surface area (Å²) < 4.78 is 6.38. The molecule has 0 fully saturated rings. The molecule has 0 spiro atoms. The normalized spacial score (nSPS) is 12.3. The van der Waals surface area contributed by atoms with Crippen LogP contribution in [0.25, 0.3) is 78.1 Å².